The van der Waals surface area contributed by atoms with Gasteiger partial charge in [-0.2, -0.15) is 0 Å². The molecule has 90 valence electrons. The van der Waals surface area contributed by atoms with Gasteiger partial charge in [-0.3, -0.25) is 0 Å². The van der Waals surface area contributed by atoms with Crippen LogP contribution in [0.5, 0.6) is 0 Å². The summed E-state index contributed by atoms with van der Waals surface area (Å²) in [6.07, 6.45) is 4.00. The summed E-state index contributed by atoms with van der Waals surface area (Å²) in [7, 11) is 1.76. The van der Waals surface area contributed by atoms with Gasteiger partial charge < -0.3 is 10.0 Å². The molecule has 0 aliphatic heterocycles. The maximum atomic E-state index is 13.7. The SMILES string of the molecule is C=CCN(C)c1ccc(/C=C/C(=O)O)cc1F. The first-order valence-electron chi connectivity index (χ1n) is 5.07. The Morgan fingerprint density at radius 2 is 2.29 bits per heavy atom. The summed E-state index contributed by atoms with van der Waals surface area (Å²) in [6.45, 7) is 4.12. The lowest BCUT2D eigenvalue weighted by Gasteiger charge is -2.17. The molecule has 0 heterocycles. The predicted molar refractivity (Wildman–Crippen MR) is 66.5 cm³/mol. The van der Waals surface area contributed by atoms with Crippen LogP contribution in [0.15, 0.2) is 36.9 Å². The minimum absolute atomic E-state index is 0.387. The average Bonchev–Trinajstić information content (AvgIpc) is 2.26. The number of anilines is 1. The van der Waals surface area contributed by atoms with E-state index >= 15 is 0 Å². The van der Waals surface area contributed by atoms with Crippen molar-refractivity contribution < 1.29 is 14.3 Å². The van der Waals surface area contributed by atoms with Gasteiger partial charge in [0.25, 0.3) is 0 Å². The van der Waals surface area contributed by atoms with Gasteiger partial charge in [-0.15, -0.1) is 6.58 Å². The number of carboxylic acids is 1. The zero-order valence-corrected chi connectivity index (χ0v) is 9.56. The van der Waals surface area contributed by atoms with Crippen LogP contribution in [0.25, 0.3) is 6.08 Å². The zero-order chi connectivity index (χ0) is 12.8. The maximum absolute atomic E-state index is 13.7. The van der Waals surface area contributed by atoms with Crippen LogP contribution in [0.2, 0.25) is 0 Å². The Morgan fingerprint density at radius 3 is 2.82 bits per heavy atom. The summed E-state index contributed by atoms with van der Waals surface area (Å²) in [4.78, 5) is 12.0. The van der Waals surface area contributed by atoms with E-state index in [-0.39, 0.29) is 5.82 Å². The van der Waals surface area contributed by atoms with E-state index in [2.05, 4.69) is 6.58 Å². The van der Waals surface area contributed by atoms with Gasteiger partial charge in [-0.25, -0.2) is 9.18 Å². The van der Waals surface area contributed by atoms with Crippen LogP contribution in [-0.2, 0) is 4.79 Å². The number of halogens is 1. The fourth-order valence-corrected chi connectivity index (χ4v) is 1.40. The predicted octanol–water partition coefficient (Wildman–Crippen LogP) is 2.55. The third-order valence-electron chi connectivity index (χ3n) is 2.20. The molecule has 17 heavy (non-hydrogen) atoms. The Bertz CT molecular complexity index is 455. The first kappa shape index (κ1) is 13.0. The van der Waals surface area contributed by atoms with Crippen molar-refractivity contribution in [1.82, 2.24) is 0 Å². The lowest BCUT2D eigenvalue weighted by atomic mass is 10.1. The summed E-state index contributed by atoms with van der Waals surface area (Å²) in [5.74, 6) is -1.44. The number of aliphatic carboxylic acids is 1. The lowest BCUT2D eigenvalue weighted by molar-refractivity contribution is -0.131. The van der Waals surface area contributed by atoms with Crippen molar-refractivity contribution >= 4 is 17.7 Å². The fraction of sp³-hybridized carbons (Fsp3) is 0.154. The molecule has 0 aliphatic rings. The van der Waals surface area contributed by atoms with E-state index in [9.17, 15) is 9.18 Å². The number of rotatable bonds is 5. The monoisotopic (exact) mass is 235 g/mol. The van der Waals surface area contributed by atoms with Gasteiger partial charge in [0.05, 0.1) is 5.69 Å². The molecule has 0 fully saturated rings. The van der Waals surface area contributed by atoms with Crippen molar-refractivity contribution in [2.45, 2.75) is 0 Å². The summed E-state index contributed by atoms with van der Waals surface area (Å²) < 4.78 is 13.7. The number of nitrogens with zero attached hydrogens (tertiary/aromatic N) is 1. The van der Waals surface area contributed by atoms with Crippen LogP contribution in [0, 0.1) is 5.82 Å². The molecule has 1 aromatic rings. The molecular weight excluding hydrogens is 221 g/mol. The van der Waals surface area contributed by atoms with Crippen molar-refractivity contribution in [3.63, 3.8) is 0 Å². The number of likely N-dealkylation sites (N-methyl/N-ethyl adjacent to an activating group) is 1. The van der Waals surface area contributed by atoms with Gasteiger partial charge in [0.2, 0.25) is 0 Å². The van der Waals surface area contributed by atoms with Crippen LogP contribution < -0.4 is 4.90 Å². The second-order valence-electron chi connectivity index (χ2n) is 3.55. The highest BCUT2D eigenvalue weighted by atomic mass is 19.1. The van der Waals surface area contributed by atoms with Crippen LogP contribution in [0.1, 0.15) is 5.56 Å². The fourth-order valence-electron chi connectivity index (χ4n) is 1.40. The Kier molecular flexibility index (Phi) is 4.46. The Balaban J connectivity index is 2.93. The number of carbonyl (C=O) groups is 1. The molecule has 0 spiro atoms. The smallest absolute Gasteiger partial charge is 0.328 e. The van der Waals surface area contributed by atoms with Gasteiger partial charge in [-0.1, -0.05) is 12.1 Å². The van der Waals surface area contributed by atoms with E-state index < -0.39 is 5.97 Å². The second-order valence-corrected chi connectivity index (χ2v) is 3.55. The maximum Gasteiger partial charge on any atom is 0.328 e. The number of hydrogen-bond donors (Lipinski definition) is 1. The van der Waals surface area contributed by atoms with Crippen molar-refractivity contribution in [3.05, 3.63) is 48.3 Å². The summed E-state index contributed by atoms with van der Waals surface area (Å²) >= 11 is 0. The molecule has 0 aromatic heterocycles. The zero-order valence-electron chi connectivity index (χ0n) is 9.56. The largest absolute Gasteiger partial charge is 0.478 e. The Hall–Kier alpha value is -2.10. The summed E-state index contributed by atoms with van der Waals surface area (Å²) in [5.41, 5.74) is 0.970. The van der Waals surface area contributed by atoms with Crippen LogP contribution >= 0.6 is 0 Å². The first-order chi connectivity index (χ1) is 8.04. The topological polar surface area (TPSA) is 40.5 Å². The van der Waals surface area contributed by atoms with E-state index in [1.54, 1.807) is 30.2 Å². The van der Waals surface area contributed by atoms with E-state index in [0.717, 1.165) is 6.08 Å². The first-order valence-corrected chi connectivity index (χ1v) is 5.07. The molecule has 0 radical (unpaired) electrons. The molecule has 0 aliphatic carbocycles. The third kappa shape index (κ3) is 3.75. The van der Waals surface area contributed by atoms with Crippen LogP contribution in [0.3, 0.4) is 0 Å². The van der Waals surface area contributed by atoms with Gasteiger partial charge in [0.1, 0.15) is 5.82 Å². The second kappa shape index (κ2) is 5.84. The van der Waals surface area contributed by atoms with Crippen molar-refractivity contribution in [2.24, 2.45) is 0 Å². The van der Waals surface area contributed by atoms with Crippen molar-refractivity contribution in [2.75, 3.05) is 18.5 Å². The highest BCUT2D eigenvalue weighted by Gasteiger charge is 2.06. The molecule has 0 saturated heterocycles. The number of carboxylic acid groups (broad SMARTS) is 1. The molecule has 4 heteroatoms. The van der Waals surface area contributed by atoms with Gasteiger partial charge >= 0.3 is 5.97 Å². The van der Waals surface area contributed by atoms with E-state index in [1.165, 1.54) is 12.1 Å². The highest BCUT2D eigenvalue weighted by Crippen LogP contribution is 2.19. The molecule has 0 atom stereocenters. The van der Waals surface area contributed by atoms with E-state index in [4.69, 9.17) is 5.11 Å². The highest BCUT2D eigenvalue weighted by molar-refractivity contribution is 5.85. The van der Waals surface area contributed by atoms with Crippen LogP contribution in [-0.4, -0.2) is 24.7 Å². The Labute approximate surface area is 99.5 Å². The molecular formula is C13H14FNO2. The quantitative estimate of drug-likeness (QED) is 0.629. The van der Waals surface area contributed by atoms with Crippen molar-refractivity contribution in [1.29, 1.82) is 0 Å². The summed E-state index contributed by atoms with van der Waals surface area (Å²) in [6, 6.07) is 4.58. The minimum Gasteiger partial charge on any atom is -0.478 e. The van der Waals surface area contributed by atoms with Gasteiger partial charge in [-0.05, 0) is 23.8 Å². The van der Waals surface area contributed by atoms with Gasteiger partial charge in [0, 0.05) is 19.7 Å². The molecule has 1 N–H and O–H groups in total. The van der Waals surface area contributed by atoms with Gasteiger partial charge in [0.15, 0.2) is 0 Å². The summed E-state index contributed by atoms with van der Waals surface area (Å²) in [5, 5.41) is 8.46. The number of benzene rings is 1. The number of hydrogen-bond acceptors (Lipinski definition) is 2. The molecule has 1 aromatic carbocycles. The van der Waals surface area contributed by atoms with Crippen LogP contribution in [0.4, 0.5) is 10.1 Å². The standard InChI is InChI=1S/C13H14FNO2/c1-3-8-15(2)12-6-4-10(9-11(12)14)5-7-13(16)17/h3-7,9H,1,8H2,2H3,(H,16,17)/b7-5+. The molecule has 0 saturated carbocycles. The normalized spacial score (nSPS) is 10.5. The Morgan fingerprint density at radius 1 is 1.59 bits per heavy atom. The average molecular weight is 235 g/mol. The lowest BCUT2D eigenvalue weighted by Crippen LogP contribution is -2.17. The van der Waals surface area contributed by atoms with E-state index in [0.29, 0.717) is 17.8 Å². The molecule has 0 bridgehead atoms. The third-order valence-corrected chi connectivity index (χ3v) is 2.20. The molecule has 0 amide bonds. The van der Waals surface area contributed by atoms with Crippen molar-refractivity contribution in [3.8, 4) is 0 Å². The molecule has 0 unspecified atom stereocenters. The van der Waals surface area contributed by atoms with E-state index in [1.807, 2.05) is 0 Å². The molecule has 3 nitrogen and oxygen atoms in total. The molecule has 1 rings (SSSR count). The minimum atomic E-state index is -1.06.